The van der Waals surface area contributed by atoms with Crippen LogP contribution in [0.4, 0.5) is 0 Å². The van der Waals surface area contributed by atoms with Gasteiger partial charge >= 0.3 is 0 Å². The van der Waals surface area contributed by atoms with Gasteiger partial charge in [-0.1, -0.05) is 30.3 Å². The molecule has 1 atom stereocenters. The van der Waals surface area contributed by atoms with Crippen molar-refractivity contribution in [1.82, 2.24) is 9.47 Å². The first kappa shape index (κ1) is 23.4. The van der Waals surface area contributed by atoms with Crippen molar-refractivity contribution in [2.24, 2.45) is 13.0 Å². The zero-order valence-corrected chi connectivity index (χ0v) is 20.2. The number of nitrogens with zero attached hydrogens (tertiary/aromatic N) is 2. The topological polar surface area (TPSA) is 21.8 Å². The highest BCUT2D eigenvalue weighted by molar-refractivity contribution is 5.82. The highest BCUT2D eigenvalue weighted by Gasteiger charge is 2.19. The summed E-state index contributed by atoms with van der Waals surface area (Å²) in [5.74, 6) is 4.55. The Morgan fingerprint density at radius 1 is 1.09 bits per heavy atom. The number of aryl methyl sites for hydroxylation is 1. The van der Waals surface area contributed by atoms with Crippen molar-refractivity contribution in [2.75, 3.05) is 33.3 Å². The number of fused-ring (bicyclic) bond motifs is 1. The molecule has 3 aromatic rings. The van der Waals surface area contributed by atoms with Crippen LogP contribution in [-0.4, -0.2) is 42.8 Å². The zero-order chi connectivity index (χ0) is 23.0. The molecule has 0 spiro atoms. The number of hydrogen-bond acceptors (Lipinski definition) is 2. The van der Waals surface area contributed by atoms with Gasteiger partial charge in [-0.3, -0.25) is 4.90 Å². The van der Waals surface area contributed by atoms with Crippen molar-refractivity contribution < 1.29 is 9.64 Å². The third kappa shape index (κ3) is 6.41. The van der Waals surface area contributed by atoms with Gasteiger partial charge in [-0.05, 0) is 80.4 Å². The van der Waals surface area contributed by atoms with Crippen LogP contribution in [0.3, 0.4) is 0 Å². The normalized spacial score (nSPS) is 16.0. The zero-order valence-electron chi connectivity index (χ0n) is 20.2. The predicted octanol–water partition coefficient (Wildman–Crippen LogP) is 3.90. The molecule has 1 aliphatic rings. The molecule has 0 radical (unpaired) electrons. The Labute approximate surface area is 199 Å². The lowest BCUT2D eigenvalue weighted by Gasteiger charge is -2.32. The van der Waals surface area contributed by atoms with Crippen molar-refractivity contribution in [2.45, 2.75) is 38.8 Å². The van der Waals surface area contributed by atoms with Crippen LogP contribution in [0.25, 0.3) is 10.9 Å². The van der Waals surface area contributed by atoms with Crippen LogP contribution in [0.5, 0.6) is 5.75 Å². The number of nitrogens with one attached hydrogen (secondary N) is 1. The number of ether oxygens (including phenoxy) is 1. The molecule has 4 rings (SSSR count). The molecule has 0 aliphatic carbocycles. The molecule has 0 bridgehead atoms. The quantitative estimate of drug-likeness (QED) is 0.378. The Morgan fingerprint density at radius 3 is 2.64 bits per heavy atom. The number of aromatic nitrogens is 1. The van der Waals surface area contributed by atoms with E-state index in [1.807, 2.05) is 0 Å². The van der Waals surface area contributed by atoms with Gasteiger partial charge in [0, 0.05) is 24.5 Å². The lowest BCUT2D eigenvalue weighted by Crippen LogP contribution is -3.07. The summed E-state index contributed by atoms with van der Waals surface area (Å²) in [4.78, 5) is 3.92. The maximum absolute atomic E-state index is 6.12. The average molecular weight is 445 g/mol. The third-order valence-corrected chi connectivity index (χ3v) is 6.98. The number of hydrogen-bond donors (Lipinski definition) is 1. The van der Waals surface area contributed by atoms with Crippen molar-refractivity contribution in [1.29, 1.82) is 0 Å². The van der Waals surface area contributed by atoms with Crippen LogP contribution in [0.2, 0.25) is 0 Å². The van der Waals surface area contributed by atoms with Gasteiger partial charge in [0.25, 0.3) is 0 Å². The second-order valence-electron chi connectivity index (χ2n) is 9.63. The van der Waals surface area contributed by atoms with E-state index in [-0.39, 0.29) is 0 Å². The fourth-order valence-electron chi connectivity index (χ4n) is 5.03. The van der Waals surface area contributed by atoms with E-state index < -0.39 is 0 Å². The smallest absolute Gasteiger partial charge is 0.139 e. The van der Waals surface area contributed by atoms with Crippen LogP contribution in [0, 0.1) is 18.3 Å². The van der Waals surface area contributed by atoms with Crippen LogP contribution in [0.1, 0.15) is 36.9 Å². The van der Waals surface area contributed by atoms with E-state index in [0.717, 1.165) is 44.3 Å². The Bertz CT molecular complexity index is 1060. The molecule has 2 aromatic carbocycles. The first-order valence-electron chi connectivity index (χ1n) is 12.3. The van der Waals surface area contributed by atoms with E-state index >= 15 is 0 Å². The fraction of sp³-hybridized carbons (Fsp3) is 0.448. The van der Waals surface area contributed by atoms with Gasteiger partial charge in [-0.15, -0.1) is 6.42 Å². The Balaban J connectivity index is 1.20. The van der Waals surface area contributed by atoms with E-state index in [4.69, 9.17) is 11.2 Å². The van der Waals surface area contributed by atoms with Crippen LogP contribution in [-0.2, 0) is 20.1 Å². The first-order chi connectivity index (χ1) is 16.1. The van der Waals surface area contributed by atoms with Crippen molar-refractivity contribution in [3.63, 3.8) is 0 Å². The summed E-state index contributed by atoms with van der Waals surface area (Å²) in [6.07, 6.45) is 10.5. The monoisotopic (exact) mass is 444 g/mol. The molecule has 1 unspecified atom stereocenters. The standard InChI is InChI=1S/C29H37N3O/c1-4-16-30(2)23-27-20-26-21-28(12-13-29(26)31(27)3)33-19-8-11-24-14-17-32(18-15-24)22-25-9-6-5-7-10-25/h1,5-7,9-10,12-13,20-21,24H,8,11,14-19,22-23H2,2-3H3/p+1. The summed E-state index contributed by atoms with van der Waals surface area (Å²) in [6.45, 7) is 5.97. The molecular formula is C29H38N3O+. The fourth-order valence-corrected chi connectivity index (χ4v) is 5.03. The van der Waals surface area contributed by atoms with E-state index in [9.17, 15) is 0 Å². The number of rotatable bonds is 10. The van der Waals surface area contributed by atoms with Crippen LogP contribution >= 0.6 is 0 Å². The molecule has 4 heteroatoms. The molecule has 2 heterocycles. The summed E-state index contributed by atoms with van der Waals surface area (Å²) < 4.78 is 8.39. The second kappa shape index (κ2) is 11.4. The van der Waals surface area contributed by atoms with Gasteiger partial charge in [0.2, 0.25) is 0 Å². The molecule has 0 amide bonds. The van der Waals surface area contributed by atoms with Gasteiger partial charge in [-0.25, -0.2) is 0 Å². The molecular weight excluding hydrogens is 406 g/mol. The maximum atomic E-state index is 6.12. The first-order valence-corrected chi connectivity index (χ1v) is 12.3. The van der Waals surface area contributed by atoms with Crippen molar-refractivity contribution >= 4 is 10.9 Å². The van der Waals surface area contributed by atoms with Gasteiger partial charge in [0.05, 0.1) is 19.3 Å². The van der Waals surface area contributed by atoms with E-state index in [1.54, 1.807) is 0 Å². The summed E-state index contributed by atoms with van der Waals surface area (Å²) in [7, 11) is 4.27. The predicted molar refractivity (Wildman–Crippen MR) is 136 cm³/mol. The molecule has 1 aliphatic heterocycles. The molecule has 1 saturated heterocycles. The van der Waals surface area contributed by atoms with Gasteiger partial charge in [0.15, 0.2) is 0 Å². The van der Waals surface area contributed by atoms with Gasteiger partial charge < -0.3 is 14.2 Å². The largest absolute Gasteiger partial charge is 0.494 e. The second-order valence-corrected chi connectivity index (χ2v) is 9.63. The number of benzene rings is 2. The van der Waals surface area contributed by atoms with E-state index in [1.165, 1.54) is 59.4 Å². The summed E-state index contributed by atoms with van der Waals surface area (Å²) >= 11 is 0. The number of quaternary nitrogens is 1. The van der Waals surface area contributed by atoms with Gasteiger partial charge in [0.1, 0.15) is 18.8 Å². The molecule has 1 fully saturated rings. The Kier molecular flexibility index (Phi) is 8.10. The highest BCUT2D eigenvalue weighted by atomic mass is 16.5. The lowest BCUT2D eigenvalue weighted by molar-refractivity contribution is -0.886. The molecule has 1 aromatic heterocycles. The van der Waals surface area contributed by atoms with E-state index in [0.29, 0.717) is 0 Å². The molecule has 4 nitrogen and oxygen atoms in total. The number of piperidine rings is 1. The van der Waals surface area contributed by atoms with Crippen molar-refractivity contribution in [3.8, 4) is 18.1 Å². The molecule has 1 N–H and O–H groups in total. The summed E-state index contributed by atoms with van der Waals surface area (Å²) in [5.41, 5.74) is 3.97. The molecule has 174 valence electrons. The number of likely N-dealkylation sites (tertiary alicyclic amines) is 1. The Morgan fingerprint density at radius 2 is 1.88 bits per heavy atom. The summed E-state index contributed by atoms with van der Waals surface area (Å²) in [6, 6.07) is 19.6. The average Bonchev–Trinajstić information content (AvgIpc) is 3.13. The highest BCUT2D eigenvalue weighted by Crippen LogP contribution is 2.25. The molecule has 0 saturated carbocycles. The minimum absolute atomic E-state index is 0.738. The van der Waals surface area contributed by atoms with E-state index in [2.05, 4.69) is 84.1 Å². The van der Waals surface area contributed by atoms with Crippen LogP contribution < -0.4 is 9.64 Å². The lowest BCUT2D eigenvalue weighted by atomic mass is 9.92. The Hall–Kier alpha value is -2.74. The number of terminal acetylenes is 1. The third-order valence-electron chi connectivity index (χ3n) is 6.98. The molecule has 33 heavy (non-hydrogen) atoms. The van der Waals surface area contributed by atoms with Gasteiger partial charge in [-0.2, -0.15) is 0 Å². The SMILES string of the molecule is C#CC[NH+](C)Cc1cc2cc(OCCCC3CCN(Cc4ccccc4)CC3)ccc2n1C. The van der Waals surface area contributed by atoms with Crippen molar-refractivity contribution in [3.05, 3.63) is 65.9 Å². The van der Waals surface area contributed by atoms with Crippen LogP contribution in [0.15, 0.2) is 54.6 Å². The maximum Gasteiger partial charge on any atom is 0.139 e. The minimum Gasteiger partial charge on any atom is -0.494 e. The minimum atomic E-state index is 0.738. The summed E-state index contributed by atoms with van der Waals surface area (Å²) in [5, 5.41) is 1.24.